The zero-order valence-electron chi connectivity index (χ0n) is 15.3. The number of hydrogen-bond acceptors (Lipinski definition) is 8. The van der Waals surface area contributed by atoms with Crippen molar-refractivity contribution in [2.24, 2.45) is 0 Å². The molecule has 0 aliphatic heterocycles. The summed E-state index contributed by atoms with van der Waals surface area (Å²) < 4.78 is 5.61. The summed E-state index contributed by atoms with van der Waals surface area (Å²) >= 11 is 6.97. The van der Waals surface area contributed by atoms with Gasteiger partial charge in [0.05, 0.1) is 11.3 Å². The maximum absolute atomic E-state index is 12.8. The van der Waals surface area contributed by atoms with Gasteiger partial charge in [-0.2, -0.15) is 0 Å². The van der Waals surface area contributed by atoms with Crippen LogP contribution in [0.5, 0.6) is 11.1 Å². The van der Waals surface area contributed by atoms with Gasteiger partial charge in [-0.3, -0.25) is 15.1 Å². The quantitative estimate of drug-likeness (QED) is 0.463. The molecule has 3 heterocycles. The van der Waals surface area contributed by atoms with E-state index in [-0.39, 0.29) is 16.6 Å². The molecule has 10 heteroatoms. The van der Waals surface area contributed by atoms with E-state index < -0.39 is 5.91 Å². The van der Waals surface area contributed by atoms with E-state index in [4.69, 9.17) is 16.3 Å². The Morgan fingerprint density at radius 3 is 2.73 bits per heavy atom. The first-order valence-corrected chi connectivity index (χ1v) is 9.90. The summed E-state index contributed by atoms with van der Waals surface area (Å²) in [6.07, 6.45) is 3.17. The number of nitrogens with one attached hydrogen (secondary N) is 1. The summed E-state index contributed by atoms with van der Waals surface area (Å²) in [4.78, 5) is 20.9. The molecule has 0 atom stereocenters. The zero-order valence-corrected chi connectivity index (χ0v) is 16.9. The van der Waals surface area contributed by atoms with Crippen LogP contribution in [0.25, 0.3) is 11.3 Å². The second-order valence-corrected chi connectivity index (χ2v) is 7.43. The number of nitrogens with zero attached hydrogens (tertiary/aromatic N) is 4. The third-order valence-corrected chi connectivity index (χ3v) is 4.97. The van der Waals surface area contributed by atoms with E-state index in [1.807, 2.05) is 12.1 Å². The van der Waals surface area contributed by atoms with Crippen LogP contribution in [0.1, 0.15) is 15.9 Å². The first-order valence-electron chi connectivity index (χ1n) is 8.71. The third kappa shape index (κ3) is 4.70. The van der Waals surface area contributed by atoms with Crippen molar-refractivity contribution in [2.75, 3.05) is 5.32 Å². The fourth-order valence-electron chi connectivity index (χ4n) is 2.56. The van der Waals surface area contributed by atoms with Gasteiger partial charge < -0.3 is 9.84 Å². The van der Waals surface area contributed by atoms with Gasteiger partial charge in [0.25, 0.3) is 11.1 Å². The van der Waals surface area contributed by atoms with Crippen LogP contribution in [0.15, 0.2) is 60.9 Å². The molecular weight excluding hydrogens is 426 g/mol. The average molecular weight is 440 g/mol. The molecule has 1 aromatic carbocycles. The van der Waals surface area contributed by atoms with Gasteiger partial charge in [0.2, 0.25) is 11.0 Å². The maximum atomic E-state index is 12.8. The standard InChI is InChI=1S/C20H14ClN5O3S/c21-14-5-3-12(4-6-14)11-29-20-26-25-19(30-20)24-18(28)15-7-8-16(27)23-17(15)13-2-1-9-22-10-13/h1-10H,11H2,(H,23,27)(H,24,25,28). The SMILES string of the molecule is O=C(Nc1nnc(OCc2ccc(Cl)cc2)s1)c1ccc(O)nc1-c1cccnc1. The Hall–Kier alpha value is -3.56. The minimum Gasteiger partial charge on any atom is -0.493 e. The molecule has 0 fully saturated rings. The van der Waals surface area contributed by atoms with Gasteiger partial charge in [0.15, 0.2) is 0 Å². The van der Waals surface area contributed by atoms with Crippen molar-refractivity contribution in [2.45, 2.75) is 6.61 Å². The van der Waals surface area contributed by atoms with E-state index in [2.05, 4.69) is 25.5 Å². The summed E-state index contributed by atoms with van der Waals surface area (Å²) in [6.45, 7) is 0.298. The summed E-state index contributed by atoms with van der Waals surface area (Å²) in [7, 11) is 0. The first kappa shape index (κ1) is 19.7. The summed E-state index contributed by atoms with van der Waals surface area (Å²) in [5.74, 6) is -0.638. The molecular formula is C20H14ClN5O3S. The molecule has 0 aliphatic carbocycles. The number of rotatable bonds is 6. The van der Waals surface area contributed by atoms with Gasteiger partial charge in [0.1, 0.15) is 6.61 Å². The van der Waals surface area contributed by atoms with Gasteiger partial charge in [-0.1, -0.05) is 28.8 Å². The highest BCUT2D eigenvalue weighted by Gasteiger charge is 2.17. The monoisotopic (exact) mass is 439 g/mol. The first-order chi connectivity index (χ1) is 14.6. The summed E-state index contributed by atoms with van der Waals surface area (Å²) in [6, 6.07) is 13.5. The Morgan fingerprint density at radius 1 is 1.13 bits per heavy atom. The molecule has 3 aromatic heterocycles. The highest BCUT2D eigenvalue weighted by Crippen LogP contribution is 2.27. The molecule has 4 aromatic rings. The molecule has 0 radical (unpaired) electrons. The molecule has 8 nitrogen and oxygen atoms in total. The number of benzene rings is 1. The van der Waals surface area contributed by atoms with E-state index in [0.717, 1.165) is 16.9 Å². The third-order valence-electron chi connectivity index (χ3n) is 3.96. The Bertz CT molecular complexity index is 1170. The van der Waals surface area contributed by atoms with Gasteiger partial charge in [-0.15, -0.1) is 5.10 Å². The Morgan fingerprint density at radius 2 is 1.97 bits per heavy atom. The molecule has 150 valence electrons. The van der Waals surface area contributed by atoms with Crippen molar-refractivity contribution in [1.82, 2.24) is 20.2 Å². The van der Waals surface area contributed by atoms with Gasteiger partial charge in [0, 0.05) is 29.0 Å². The summed E-state index contributed by atoms with van der Waals surface area (Å²) in [5, 5.41) is 21.5. The zero-order chi connectivity index (χ0) is 20.9. The number of anilines is 1. The second kappa shape index (κ2) is 8.85. The average Bonchev–Trinajstić information content (AvgIpc) is 3.21. The Labute approximate surface area is 180 Å². The number of aromatic hydroxyl groups is 1. The second-order valence-electron chi connectivity index (χ2n) is 6.05. The molecule has 0 aliphatic rings. The van der Waals surface area contributed by atoms with Crippen molar-refractivity contribution in [1.29, 1.82) is 0 Å². The van der Waals surface area contributed by atoms with Crippen LogP contribution in [0.3, 0.4) is 0 Å². The van der Waals surface area contributed by atoms with Crippen LogP contribution in [0.2, 0.25) is 5.02 Å². The van der Waals surface area contributed by atoms with Gasteiger partial charge >= 0.3 is 0 Å². The van der Waals surface area contributed by atoms with Crippen molar-refractivity contribution in [3.8, 4) is 22.3 Å². The topological polar surface area (TPSA) is 110 Å². The van der Waals surface area contributed by atoms with Gasteiger partial charge in [-0.25, -0.2) is 4.98 Å². The largest absolute Gasteiger partial charge is 0.493 e. The molecule has 0 spiro atoms. The van der Waals surface area contributed by atoms with Crippen molar-refractivity contribution in [3.63, 3.8) is 0 Å². The van der Waals surface area contributed by atoms with E-state index in [1.165, 1.54) is 12.1 Å². The fourth-order valence-corrected chi connectivity index (χ4v) is 3.28. The highest BCUT2D eigenvalue weighted by atomic mass is 35.5. The molecule has 30 heavy (non-hydrogen) atoms. The van der Waals surface area contributed by atoms with E-state index in [0.29, 0.717) is 28.1 Å². The maximum Gasteiger partial charge on any atom is 0.296 e. The molecule has 0 bridgehead atoms. The number of ether oxygens (including phenoxy) is 1. The molecule has 0 saturated carbocycles. The van der Waals surface area contributed by atoms with E-state index in [1.54, 1.807) is 36.7 Å². The Balaban J connectivity index is 1.47. The molecule has 0 unspecified atom stereocenters. The van der Waals surface area contributed by atoms with Crippen LogP contribution in [-0.2, 0) is 6.61 Å². The van der Waals surface area contributed by atoms with E-state index >= 15 is 0 Å². The van der Waals surface area contributed by atoms with Crippen molar-refractivity contribution >= 4 is 34.0 Å². The van der Waals surface area contributed by atoms with Crippen LogP contribution >= 0.6 is 22.9 Å². The lowest BCUT2D eigenvalue weighted by molar-refractivity contribution is 0.102. The van der Waals surface area contributed by atoms with Crippen molar-refractivity contribution < 1.29 is 14.6 Å². The number of amides is 1. The van der Waals surface area contributed by atoms with Crippen molar-refractivity contribution in [3.05, 3.63) is 77.1 Å². The lowest BCUT2D eigenvalue weighted by Gasteiger charge is -2.08. The lowest BCUT2D eigenvalue weighted by atomic mass is 10.1. The number of pyridine rings is 2. The number of halogens is 1. The summed E-state index contributed by atoms with van der Waals surface area (Å²) in [5.41, 5.74) is 2.10. The molecule has 0 saturated heterocycles. The number of hydrogen-bond donors (Lipinski definition) is 2. The Kier molecular flexibility index (Phi) is 5.82. The number of carbonyl (C=O) groups excluding carboxylic acids is 1. The van der Waals surface area contributed by atoms with E-state index in [9.17, 15) is 9.90 Å². The minimum atomic E-state index is -0.443. The highest BCUT2D eigenvalue weighted by molar-refractivity contribution is 7.17. The lowest BCUT2D eigenvalue weighted by Crippen LogP contribution is -2.13. The van der Waals surface area contributed by atoms with Crippen LogP contribution in [0.4, 0.5) is 5.13 Å². The molecule has 2 N–H and O–H groups in total. The fraction of sp³-hybridized carbons (Fsp3) is 0.0500. The molecule has 1 amide bonds. The molecule has 4 rings (SSSR count). The van der Waals surface area contributed by atoms with Crippen LogP contribution in [-0.4, -0.2) is 31.2 Å². The smallest absolute Gasteiger partial charge is 0.296 e. The minimum absolute atomic E-state index is 0.195. The van der Waals surface area contributed by atoms with Gasteiger partial charge in [-0.05, 0) is 47.2 Å². The number of carbonyl (C=O) groups is 1. The van der Waals surface area contributed by atoms with Crippen LogP contribution in [0, 0.1) is 0 Å². The predicted octanol–water partition coefficient (Wildman–Crippen LogP) is 4.19. The predicted molar refractivity (Wildman–Crippen MR) is 113 cm³/mol. The van der Waals surface area contributed by atoms with Crippen LogP contribution < -0.4 is 10.1 Å². The normalized spacial score (nSPS) is 10.6. The number of aromatic nitrogens is 4.